The number of hydrogen-bond acceptors (Lipinski definition) is 10. The molecule has 2 aromatic heterocycles. The Morgan fingerprint density at radius 2 is 1.12 bits per heavy atom. The predicted octanol–water partition coefficient (Wildman–Crippen LogP) is -0.0374. The number of aromatic nitrogens is 2. The third-order valence-corrected chi connectivity index (χ3v) is 5.41. The standard InChI is InChI=1S/C22H30N4O8/c1-13-21(33)17(15(11-27)5-23-13)7-25(9-19(29)30)3-4-26(10-20(31)32)8-18-16(12-28)6-24-14(2)22(18)34/h5-6,27-28,33-34H,3-4,7-12H2,1-2H3,(H,29,30)(H,31,32). The van der Waals surface area contributed by atoms with Crippen molar-refractivity contribution in [2.24, 2.45) is 0 Å². The first-order valence-electron chi connectivity index (χ1n) is 10.5. The van der Waals surface area contributed by atoms with E-state index in [2.05, 4.69) is 9.97 Å². The Kier molecular flexibility index (Phi) is 9.69. The molecule has 0 spiro atoms. The molecular weight excluding hydrogens is 448 g/mol. The molecule has 0 atom stereocenters. The summed E-state index contributed by atoms with van der Waals surface area (Å²) in [5.41, 5.74) is 2.04. The third-order valence-electron chi connectivity index (χ3n) is 5.41. The van der Waals surface area contributed by atoms with Gasteiger partial charge in [0.2, 0.25) is 0 Å². The number of carboxylic acid groups (broad SMARTS) is 2. The van der Waals surface area contributed by atoms with Gasteiger partial charge in [0.15, 0.2) is 0 Å². The Morgan fingerprint density at radius 1 is 0.765 bits per heavy atom. The third kappa shape index (κ3) is 7.09. The maximum absolute atomic E-state index is 11.4. The molecule has 2 aromatic rings. The summed E-state index contributed by atoms with van der Waals surface area (Å²) in [6, 6.07) is 0. The molecule has 0 amide bonds. The lowest BCUT2D eigenvalue weighted by molar-refractivity contribution is -0.140. The van der Waals surface area contributed by atoms with E-state index in [-0.39, 0.29) is 37.7 Å². The van der Waals surface area contributed by atoms with Crippen LogP contribution in [0.25, 0.3) is 0 Å². The molecule has 12 heteroatoms. The molecular formula is C22H30N4O8. The number of aryl methyl sites for hydroxylation is 2. The molecule has 6 N–H and O–H groups in total. The van der Waals surface area contributed by atoms with E-state index in [1.807, 2.05) is 0 Å². The average Bonchev–Trinajstić information content (AvgIpc) is 2.77. The molecule has 0 aliphatic rings. The monoisotopic (exact) mass is 478 g/mol. The van der Waals surface area contributed by atoms with Crippen LogP contribution >= 0.6 is 0 Å². The molecule has 0 saturated heterocycles. The fourth-order valence-corrected chi connectivity index (χ4v) is 3.53. The van der Waals surface area contributed by atoms with Gasteiger partial charge in [0.1, 0.15) is 11.5 Å². The van der Waals surface area contributed by atoms with Gasteiger partial charge in [-0.1, -0.05) is 0 Å². The Bertz CT molecular complexity index is 949. The quantitative estimate of drug-likeness (QED) is 0.226. The topological polar surface area (TPSA) is 188 Å². The molecule has 0 bridgehead atoms. The summed E-state index contributed by atoms with van der Waals surface area (Å²) in [4.78, 5) is 33.9. The van der Waals surface area contributed by atoms with Gasteiger partial charge in [0, 0.05) is 60.8 Å². The summed E-state index contributed by atoms with van der Waals surface area (Å²) in [5.74, 6) is -2.53. The van der Waals surface area contributed by atoms with Crippen LogP contribution in [-0.2, 0) is 35.9 Å². The van der Waals surface area contributed by atoms with Gasteiger partial charge < -0.3 is 30.6 Å². The van der Waals surface area contributed by atoms with Gasteiger partial charge in [-0.05, 0) is 13.8 Å². The number of aliphatic carboxylic acids is 2. The summed E-state index contributed by atoms with van der Waals surface area (Å²) >= 11 is 0. The van der Waals surface area contributed by atoms with E-state index in [1.54, 1.807) is 13.8 Å². The molecule has 0 fully saturated rings. The summed E-state index contributed by atoms with van der Waals surface area (Å²) in [6.45, 7) is 1.76. The van der Waals surface area contributed by atoms with Crippen LogP contribution in [0.3, 0.4) is 0 Å². The molecule has 2 rings (SSSR count). The number of carboxylic acids is 2. The number of aliphatic hydroxyl groups excluding tert-OH is 2. The first kappa shape index (κ1) is 26.9. The molecule has 12 nitrogen and oxygen atoms in total. The summed E-state index contributed by atoms with van der Waals surface area (Å²) < 4.78 is 0. The zero-order valence-electron chi connectivity index (χ0n) is 19.1. The van der Waals surface area contributed by atoms with Crippen LogP contribution in [-0.4, -0.2) is 88.5 Å². The van der Waals surface area contributed by atoms with Crippen molar-refractivity contribution >= 4 is 11.9 Å². The van der Waals surface area contributed by atoms with Gasteiger partial charge in [-0.2, -0.15) is 0 Å². The van der Waals surface area contributed by atoms with Crippen LogP contribution in [0.5, 0.6) is 11.5 Å². The minimum absolute atomic E-state index is 0.0141. The van der Waals surface area contributed by atoms with Crippen molar-refractivity contribution in [2.45, 2.75) is 40.2 Å². The first-order valence-corrected chi connectivity index (χ1v) is 10.5. The van der Waals surface area contributed by atoms with Crippen molar-refractivity contribution in [2.75, 3.05) is 26.2 Å². The average molecular weight is 479 g/mol. The van der Waals surface area contributed by atoms with Crippen molar-refractivity contribution in [1.29, 1.82) is 0 Å². The first-order chi connectivity index (χ1) is 16.1. The molecule has 0 radical (unpaired) electrons. The normalized spacial score (nSPS) is 11.4. The van der Waals surface area contributed by atoms with Crippen LogP contribution in [0.1, 0.15) is 33.6 Å². The molecule has 0 aromatic carbocycles. The lowest BCUT2D eigenvalue weighted by atomic mass is 10.1. The summed E-state index contributed by atoms with van der Waals surface area (Å²) in [5, 5.41) is 58.7. The second kappa shape index (κ2) is 12.2. The highest BCUT2D eigenvalue weighted by molar-refractivity contribution is 5.69. The van der Waals surface area contributed by atoms with Crippen LogP contribution in [0, 0.1) is 13.8 Å². The molecule has 0 aliphatic heterocycles. The maximum atomic E-state index is 11.4. The lowest BCUT2D eigenvalue weighted by Gasteiger charge is -2.27. The van der Waals surface area contributed by atoms with E-state index in [1.165, 1.54) is 22.2 Å². The smallest absolute Gasteiger partial charge is 0.317 e. The Hall–Kier alpha value is -3.32. The molecule has 0 aliphatic carbocycles. The SMILES string of the molecule is Cc1ncc(CO)c(CN(CCN(CC(=O)O)Cc2c(CO)cnc(C)c2O)CC(=O)O)c1O. The Balaban J connectivity index is 2.27. The highest BCUT2D eigenvalue weighted by atomic mass is 16.4. The van der Waals surface area contributed by atoms with Gasteiger partial charge in [-0.15, -0.1) is 0 Å². The minimum Gasteiger partial charge on any atom is -0.506 e. The summed E-state index contributed by atoms with van der Waals surface area (Å²) in [6.07, 6.45) is 2.82. The van der Waals surface area contributed by atoms with E-state index >= 15 is 0 Å². The van der Waals surface area contributed by atoms with Crippen LogP contribution in [0.2, 0.25) is 0 Å². The van der Waals surface area contributed by atoms with Crippen LogP contribution in [0.15, 0.2) is 12.4 Å². The fraction of sp³-hybridized carbons (Fsp3) is 0.455. The Morgan fingerprint density at radius 3 is 1.41 bits per heavy atom. The predicted molar refractivity (Wildman–Crippen MR) is 119 cm³/mol. The van der Waals surface area contributed by atoms with Gasteiger partial charge in [0.05, 0.1) is 37.7 Å². The van der Waals surface area contributed by atoms with E-state index in [4.69, 9.17) is 0 Å². The van der Waals surface area contributed by atoms with E-state index in [0.29, 0.717) is 33.6 Å². The van der Waals surface area contributed by atoms with Crippen molar-refractivity contribution < 1.29 is 40.2 Å². The molecule has 0 saturated carbocycles. The number of aromatic hydroxyl groups is 2. The van der Waals surface area contributed by atoms with E-state index in [9.17, 15) is 40.2 Å². The number of carbonyl (C=O) groups is 2. The van der Waals surface area contributed by atoms with Gasteiger partial charge in [-0.3, -0.25) is 29.4 Å². The second-order valence-electron chi connectivity index (χ2n) is 7.92. The van der Waals surface area contributed by atoms with Crippen LogP contribution in [0.4, 0.5) is 0 Å². The number of hydrogen-bond donors (Lipinski definition) is 6. The van der Waals surface area contributed by atoms with Gasteiger partial charge in [0.25, 0.3) is 0 Å². The van der Waals surface area contributed by atoms with Crippen LogP contribution < -0.4 is 0 Å². The fourth-order valence-electron chi connectivity index (χ4n) is 3.53. The van der Waals surface area contributed by atoms with E-state index < -0.39 is 38.2 Å². The number of aliphatic hydroxyl groups is 2. The molecule has 34 heavy (non-hydrogen) atoms. The summed E-state index contributed by atoms with van der Waals surface area (Å²) in [7, 11) is 0. The zero-order chi connectivity index (χ0) is 25.4. The van der Waals surface area contributed by atoms with Crippen molar-refractivity contribution in [3.8, 4) is 11.5 Å². The van der Waals surface area contributed by atoms with Crippen molar-refractivity contribution in [1.82, 2.24) is 19.8 Å². The largest absolute Gasteiger partial charge is 0.506 e. The second-order valence-corrected chi connectivity index (χ2v) is 7.92. The highest BCUT2D eigenvalue weighted by Crippen LogP contribution is 2.27. The van der Waals surface area contributed by atoms with Crippen molar-refractivity contribution in [3.05, 3.63) is 46.0 Å². The zero-order valence-corrected chi connectivity index (χ0v) is 19.1. The number of nitrogens with zero attached hydrogens (tertiary/aromatic N) is 4. The minimum atomic E-state index is -1.12. The lowest BCUT2D eigenvalue weighted by Crippen LogP contribution is -2.39. The maximum Gasteiger partial charge on any atom is 0.317 e. The molecule has 2 heterocycles. The molecule has 0 unspecified atom stereocenters. The highest BCUT2D eigenvalue weighted by Gasteiger charge is 2.21. The van der Waals surface area contributed by atoms with E-state index in [0.717, 1.165) is 0 Å². The van der Waals surface area contributed by atoms with Gasteiger partial charge in [-0.25, -0.2) is 0 Å². The number of rotatable bonds is 13. The molecule has 186 valence electrons. The Labute approximate surface area is 196 Å². The van der Waals surface area contributed by atoms with Crippen molar-refractivity contribution in [3.63, 3.8) is 0 Å². The van der Waals surface area contributed by atoms with Gasteiger partial charge >= 0.3 is 11.9 Å². The number of pyridine rings is 2.